The van der Waals surface area contributed by atoms with Crippen LogP contribution in [0.2, 0.25) is 0 Å². The second-order valence-corrected chi connectivity index (χ2v) is 4.70. The van der Waals surface area contributed by atoms with Crippen LogP contribution in [0.15, 0.2) is 0 Å². The van der Waals surface area contributed by atoms with Gasteiger partial charge in [0, 0.05) is 6.54 Å². The molecule has 1 saturated carbocycles. The number of hydrogen-bond acceptors (Lipinski definition) is 4. The van der Waals surface area contributed by atoms with Gasteiger partial charge in [-0.2, -0.15) is 0 Å². The Morgan fingerprint density at radius 2 is 1.95 bits per heavy atom. The Morgan fingerprint density at radius 3 is 2.42 bits per heavy atom. The van der Waals surface area contributed by atoms with Crippen molar-refractivity contribution in [3.63, 3.8) is 0 Å². The van der Waals surface area contributed by atoms with Crippen LogP contribution in [0, 0.1) is 5.41 Å². The molecule has 0 unspecified atom stereocenters. The predicted molar refractivity (Wildman–Crippen MR) is 65.5 cm³/mol. The Hall–Kier alpha value is -1.99. The first-order chi connectivity index (χ1) is 8.93. The van der Waals surface area contributed by atoms with Crippen molar-refractivity contribution in [2.75, 3.05) is 19.7 Å². The molecule has 1 aliphatic carbocycles. The van der Waals surface area contributed by atoms with Crippen LogP contribution in [0.5, 0.6) is 0 Å². The van der Waals surface area contributed by atoms with Gasteiger partial charge in [0.15, 0.2) is 0 Å². The second kappa shape index (κ2) is 6.81. The zero-order valence-electron chi connectivity index (χ0n) is 10.6. The maximum atomic E-state index is 11.4. The first-order valence-electron chi connectivity index (χ1n) is 6.09. The number of nitrogens with two attached hydrogens (primary N) is 1. The number of carboxylic acid groups (broad SMARTS) is 1. The molecule has 0 radical (unpaired) electrons. The summed E-state index contributed by atoms with van der Waals surface area (Å²) in [5.74, 6) is -0.850. The molecule has 1 rings (SSSR count). The third-order valence-corrected chi connectivity index (χ3v) is 3.20. The second-order valence-electron chi connectivity index (χ2n) is 4.70. The molecule has 0 aliphatic heterocycles. The summed E-state index contributed by atoms with van der Waals surface area (Å²) in [6.45, 7) is 0.492. The van der Waals surface area contributed by atoms with Crippen LogP contribution in [-0.4, -0.2) is 42.9 Å². The summed E-state index contributed by atoms with van der Waals surface area (Å²) in [6.07, 6.45) is 1.78. The van der Waals surface area contributed by atoms with E-state index in [4.69, 9.17) is 10.8 Å². The van der Waals surface area contributed by atoms with Gasteiger partial charge in [-0.25, -0.2) is 9.59 Å². The molecule has 108 valence electrons. The highest BCUT2D eigenvalue weighted by molar-refractivity contribution is 5.74. The quantitative estimate of drug-likeness (QED) is 0.486. The van der Waals surface area contributed by atoms with E-state index in [1.807, 2.05) is 0 Å². The summed E-state index contributed by atoms with van der Waals surface area (Å²) in [5.41, 5.74) is 4.44. The molecule has 0 spiro atoms. The topological polar surface area (TPSA) is 131 Å². The first kappa shape index (κ1) is 15.1. The lowest BCUT2D eigenvalue weighted by atomic mass is 9.66. The first-order valence-corrected chi connectivity index (χ1v) is 6.09. The van der Waals surface area contributed by atoms with Crippen molar-refractivity contribution in [3.05, 3.63) is 0 Å². The highest BCUT2D eigenvalue weighted by Crippen LogP contribution is 2.43. The van der Waals surface area contributed by atoms with Gasteiger partial charge in [-0.05, 0) is 18.3 Å². The number of hydrogen-bond donors (Lipinski definition) is 4. The van der Waals surface area contributed by atoms with Gasteiger partial charge in [-0.15, -0.1) is 0 Å². The van der Waals surface area contributed by atoms with Crippen LogP contribution in [0.25, 0.3) is 0 Å². The molecule has 0 saturated heterocycles. The van der Waals surface area contributed by atoms with Gasteiger partial charge in [0.25, 0.3) is 0 Å². The van der Waals surface area contributed by atoms with Crippen molar-refractivity contribution in [2.24, 2.45) is 11.1 Å². The zero-order valence-corrected chi connectivity index (χ0v) is 10.6. The number of primary amides is 1. The van der Waals surface area contributed by atoms with Gasteiger partial charge in [0.05, 0.1) is 13.0 Å². The van der Waals surface area contributed by atoms with Crippen LogP contribution in [0.3, 0.4) is 0 Å². The highest BCUT2D eigenvalue weighted by atomic mass is 16.5. The number of rotatable bonds is 7. The summed E-state index contributed by atoms with van der Waals surface area (Å²) in [4.78, 5) is 32.4. The fourth-order valence-electron chi connectivity index (χ4n) is 2.06. The maximum absolute atomic E-state index is 11.4. The SMILES string of the molecule is NC(=O)OCCNC(=O)NCC1(CC(=O)O)CCC1. The fraction of sp³-hybridized carbons (Fsp3) is 0.727. The van der Waals surface area contributed by atoms with E-state index < -0.39 is 18.1 Å². The van der Waals surface area contributed by atoms with E-state index >= 15 is 0 Å². The van der Waals surface area contributed by atoms with Gasteiger partial charge in [-0.3, -0.25) is 4.79 Å². The van der Waals surface area contributed by atoms with Crippen molar-refractivity contribution in [1.82, 2.24) is 10.6 Å². The number of urea groups is 1. The average Bonchev–Trinajstić information content (AvgIpc) is 2.27. The summed E-state index contributed by atoms with van der Waals surface area (Å²) >= 11 is 0. The molecule has 0 heterocycles. The van der Waals surface area contributed by atoms with Crippen molar-refractivity contribution >= 4 is 18.1 Å². The molecule has 5 N–H and O–H groups in total. The van der Waals surface area contributed by atoms with Gasteiger partial charge >= 0.3 is 18.1 Å². The van der Waals surface area contributed by atoms with E-state index in [1.54, 1.807) is 0 Å². The van der Waals surface area contributed by atoms with E-state index in [9.17, 15) is 14.4 Å². The van der Waals surface area contributed by atoms with E-state index in [1.165, 1.54) is 0 Å². The Balaban J connectivity index is 2.18. The molecule has 8 heteroatoms. The van der Waals surface area contributed by atoms with Crippen LogP contribution < -0.4 is 16.4 Å². The lowest BCUT2D eigenvalue weighted by Crippen LogP contribution is -2.47. The molecular formula is C11H19N3O5. The minimum Gasteiger partial charge on any atom is -0.481 e. The van der Waals surface area contributed by atoms with Gasteiger partial charge in [0.1, 0.15) is 6.61 Å². The largest absolute Gasteiger partial charge is 0.481 e. The monoisotopic (exact) mass is 273 g/mol. The van der Waals surface area contributed by atoms with Crippen molar-refractivity contribution in [3.8, 4) is 0 Å². The Kier molecular flexibility index (Phi) is 5.40. The normalized spacial score (nSPS) is 16.0. The fourth-order valence-corrected chi connectivity index (χ4v) is 2.06. The Bertz CT molecular complexity index is 354. The molecule has 3 amide bonds. The third-order valence-electron chi connectivity index (χ3n) is 3.20. The molecule has 0 atom stereocenters. The van der Waals surface area contributed by atoms with Crippen LogP contribution in [0.4, 0.5) is 9.59 Å². The van der Waals surface area contributed by atoms with Crippen molar-refractivity contribution in [1.29, 1.82) is 0 Å². The van der Waals surface area contributed by atoms with Crippen LogP contribution in [0.1, 0.15) is 25.7 Å². The summed E-state index contributed by atoms with van der Waals surface area (Å²) < 4.78 is 4.44. The van der Waals surface area contributed by atoms with Gasteiger partial charge in [-0.1, -0.05) is 6.42 Å². The lowest BCUT2D eigenvalue weighted by molar-refractivity contribution is -0.141. The standard InChI is InChI=1S/C11H19N3O5/c12-9(17)19-5-4-13-10(18)14-7-11(2-1-3-11)6-8(15)16/h1-7H2,(H2,12,17)(H,15,16)(H2,13,14,18). The van der Waals surface area contributed by atoms with Gasteiger partial charge < -0.3 is 26.2 Å². The predicted octanol–water partition coefficient (Wildman–Crippen LogP) is 0.0259. The zero-order chi connectivity index (χ0) is 14.3. The number of nitrogens with one attached hydrogen (secondary N) is 2. The number of ether oxygens (including phenoxy) is 1. The summed E-state index contributed by atoms with van der Waals surface area (Å²) in [5, 5.41) is 13.9. The van der Waals surface area contributed by atoms with E-state index in [0.29, 0.717) is 6.54 Å². The molecule has 1 aliphatic rings. The van der Waals surface area contributed by atoms with Crippen LogP contribution >= 0.6 is 0 Å². The highest BCUT2D eigenvalue weighted by Gasteiger charge is 2.39. The minimum absolute atomic E-state index is 0.00300. The molecule has 0 aromatic rings. The smallest absolute Gasteiger partial charge is 0.404 e. The summed E-state index contributed by atoms with van der Waals surface area (Å²) in [6, 6.07) is -0.412. The molecule has 1 fully saturated rings. The minimum atomic E-state index is -0.892. The molecular weight excluding hydrogens is 254 g/mol. The number of carbonyl (C=O) groups is 3. The van der Waals surface area contributed by atoms with Crippen LogP contribution in [-0.2, 0) is 9.53 Å². The maximum Gasteiger partial charge on any atom is 0.404 e. The molecule has 0 bridgehead atoms. The van der Waals surface area contributed by atoms with Gasteiger partial charge in [0.2, 0.25) is 0 Å². The number of carbonyl (C=O) groups excluding carboxylic acids is 2. The lowest BCUT2D eigenvalue weighted by Gasteiger charge is -2.40. The average molecular weight is 273 g/mol. The Labute approximate surface area is 110 Å². The third kappa shape index (κ3) is 5.45. The summed E-state index contributed by atoms with van der Waals surface area (Å²) in [7, 11) is 0. The van der Waals surface area contributed by atoms with E-state index in [0.717, 1.165) is 19.3 Å². The Morgan fingerprint density at radius 1 is 1.26 bits per heavy atom. The van der Waals surface area contributed by atoms with E-state index in [2.05, 4.69) is 15.4 Å². The molecule has 8 nitrogen and oxygen atoms in total. The van der Waals surface area contributed by atoms with E-state index in [-0.39, 0.29) is 25.0 Å². The number of amides is 3. The van der Waals surface area contributed by atoms with Crippen molar-refractivity contribution < 1.29 is 24.2 Å². The molecule has 19 heavy (non-hydrogen) atoms. The number of aliphatic carboxylic acids is 1. The van der Waals surface area contributed by atoms with Crippen molar-refractivity contribution in [2.45, 2.75) is 25.7 Å². The number of carboxylic acids is 1. The molecule has 0 aromatic heterocycles. The molecule has 0 aromatic carbocycles.